The van der Waals surface area contributed by atoms with E-state index >= 15 is 0 Å². The predicted molar refractivity (Wildman–Crippen MR) is 49.0 cm³/mol. The average Bonchev–Trinajstić information content (AvgIpc) is 1.99. The molecule has 0 rings (SSSR count). The fourth-order valence-corrected chi connectivity index (χ4v) is 1.05. The fourth-order valence-electron chi connectivity index (χ4n) is 1.05. The van der Waals surface area contributed by atoms with E-state index in [1.54, 1.807) is 13.8 Å². The van der Waals surface area contributed by atoms with Crippen LogP contribution < -0.4 is 0 Å². The summed E-state index contributed by atoms with van der Waals surface area (Å²) in [6, 6.07) is 0. The zero-order valence-electron chi connectivity index (χ0n) is 8.44. The van der Waals surface area contributed by atoms with Crippen LogP contribution in [0, 0.1) is 5.41 Å². The predicted octanol–water partition coefficient (Wildman–Crippen LogP) is 2.36. The zero-order valence-corrected chi connectivity index (χ0v) is 8.44. The van der Waals surface area contributed by atoms with Crippen LogP contribution in [0.25, 0.3) is 0 Å². The molecular formula is C10H18O2. The third-order valence-corrected chi connectivity index (χ3v) is 2.66. The Labute approximate surface area is 74.3 Å². The molecule has 0 fully saturated rings. The van der Waals surface area contributed by atoms with Crippen LogP contribution in [-0.2, 0) is 9.59 Å². The highest BCUT2D eigenvalue weighted by atomic mass is 16.1. The number of hydrogen-bond acceptors (Lipinski definition) is 2. The molecule has 0 radical (unpaired) electrons. The molecule has 0 amide bonds. The van der Waals surface area contributed by atoms with E-state index in [4.69, 9.17) is 0 Å². The highest BCUT2D eigenvalue weighted by Crippen LogP contribution is 2.28. The first-order valence-corrected chi connectivity index (χ1v) is 4.43. The van der Waals surface area contributed by atoms with E-state index in [-0.39, 0.29) is 17.0 Å². The molecule has 2 heteroatoms. The Hall–Kier alpha value is -0.660. The van der Waals surface area contributed by atoms with Gasteiger partial charge in [0.25, 0.3) is 0 Å². The number of Topliss-reactive ketones (excluding diaryl/α,β-unsaturated/α-hetero) is 2. The number of carbonyl (C=O) groups is 2. The topological polar surface area (TPSA) is 34.1 Å². The van der Waals surface area contributed by atoms with E-state index in [0.717, 1.165) is 6.42 Å². The highest BCUT2D eigenvalue weighted by Gasteiger charge is 2.27. The Bertz CT molecular complexity index is 184. The molecule has 0 aliphatic rings. The molecule has 70 valence electrons. The highest BCUT2D eigenvalue weighted by molar-refractivity contribution is 5.83. The van der Waals surface area contributed by atoms with Crippen molar-refractivity contribution >= 4 is 11.6 Å². The molecule has 0 saturated carbocycles. The average molecular weight is 170 g/mol. The molecule has 0 heterocycles. The van der Waals surface area contributed by atoms with Gasteiger partial charge >= 0.3 is 0 Å². The maximum absolute atomic E-state index is 11.2. The van der Waals surface area contributed by atoms with Crippen LogP contribution >= 0.6 is 0 Å². The molecule has 0 saturated heterocycles. The van der Waals surface area contributed by atoms with Crippen LogP contribution in [-0.4, -0.2) is 11.6 Å². The van der Waals surface area contributed by atoms with Gasteiger partial charge in [-0.15, -0.1) is 0 Å². The lowest BCUT2D eigenvalue weighted by Crippen LogP contribution is -2.25. The number of ketones is 2. The Morgan fingerprint density at radius 2 is 1.75 bits per heavy atom. The summed E-state index contributed by atoms with van der Waals surface area (Å²) < 4.78 is 0. The van der Waals surface area contributed by atoms with Gasteiger partial charge in [0, 0.05) is 11.8 Å². The second-order valence-electron chi connectivity index (χ2n) is 3.67. The van der Waals surface area contributed by atoms with Gasteiger partial charge in [0.15, 0.2) is 0 Å². The van der Waals surface area contributed by atoms with Gasteiger partial charge < -0.3 is 4.79 Å². The molecule has 1 atom stereocenters. The summed E-state index contributed by atoms with van der Waals surface area (Å²) in [7, 11) is 0. The minimum absolute atomic E-state index is 0.163. The molecule has 1 unspecified atom stereocenters. The summed E-state index contributed by atoms with van der Waals surface area (Å²) in [5, 5.41) is 0. The lowest BCUT2D eigenvalue weighted by atomic mass is 9.79. The first kappa shape index (κ1) is 11.3. The lowest BCUT2D eigenvalue weighted by molar-refractivity contribution is -0.126. The minimum Gasteiger partial charge on any atom is -0.300 e. The monoisotopic (exact) mass is 170 g/mol. The number of rotatable bonds is 5. The van der Waals surface area contributed by atoms with E-state index < -0.39 is 0 Å². The Morgan fingerprint density at radius 3 is 2.00 bits per heavy atom. The van der Waals surface area contributed by atoms with Crippen molar-refractivity contribution < 1.29 is 9.59 Å². The van der Waals surface area contributed by atoms with Crippen LogP contribution in [0.4, 0.5) is 0 Å². The van der Waals surface area contributed by atoms with Gasteiger partial charge in [-0.1, -0.05) is 13.8 Å². The van der Waals surface area contributed by atoms with E-state index in [9.17, 15) is 9.59 Å². The summed E-state index contributed by atoms with van der Waals surface area (Å²) in [6.45, 7) is 7.08. The van der Waals surface area contributed by atoms with E-state index in [2.05, 4.69) is 0 Å². The minimum atomic E-state index is -0.286. The van der Waals surface area contributed by atoms with Crippen LogP contribution in [0.3, 0.4) is 0 Å². The summed E-state index contributed by atoms with van der Waals surface area (Å²) in [4.78, 5) is 21.9. The Morgan fingerprint density at radius 1 is 1.25 bits per heavy atom. The molecule has 0 aliphatic heterocycles. The molecule has 0 spiro atoms. The number of carbonyl (C=O) groups excluding carboxylic acids is 2. The Balaban J connectivity index is 4.15. The van der Waals surface area contributed by atoms with Gasteiger partial charge in [0.05, 0.1) is 0 Å². The third-order valence-electron chi connectivity index (χ3n) is 2.66. The van der Waals surface area contributed by atoms with Gasteiger partial charge in [0.2, 0.25) is 0 Å². The molecule has 0 aromatic heterocycles. The van der Waals surface area contributed by atoms with Gasteiger partial charge in [-0.3, -0.25) is 4.79 Å². The van der Waals surface area contributed by atoms with Crippen molar-refractivity contribution in [3.05, 3.63) is 0 Å². The van der Waals surface area contributed by atoms with Gasteiger partial charge in [-0.2, -0.15) is 0 Å². The van der Waals surface area contributed by atoms with Crippen LogP contribution in [0.5, 0.6) is 0 Å². The molecule has 0 aromatic rings. The van der Waals surface area contributed by atoms with Crippen LogP contribution in [0.15, 0.2) is 0 Å². The largest absolute Gasteiger partial charge is 0.300 e. The first-order chi connectivity index (χ1) is 5.42. The molecule has 0 aromatic carbocycles. The van der Waals surface area contributed by atoms with Crippen molar-refractivity contribution in [2.75, 3.05) is 0 Å². The molecule has 0 bridgehead atoms. The van der Waals surface area contributed by atoms with Gasteiger partial charge in [0.1, 0.15) is 11.6 Å². The standard InChI is InChI=1S/C10H18O2/c1-5-10(4,9(3)12)7-6-8(2)11/h5-7H2,1-4H3. The maximum atomic E-state index is 11.2. The molecule has 0 aliphatic carbocycles. The van der Waals surface area contributed by atoms with Crippen molar-refractivity contribution in [3.8, 4) is 0 Å². The molecule has 0 N–H and O–H groups in total. The normalized spacial score (nSPS) is 15.3. The Kier molecular flexibility index (Phi) is 4.15. The smallest absolute Gasteiger partial charge is 0.135 e. The SMILES string of the molecule is CCC(C)(CCC(C)=O)C(C)=O. The van der Waals surface area contributed by atoms with Crippen molar-refractivity contribution in [3.63, 3.8) is 0 Å². The lowest BCUT2D eigenvalue weighted by Gasteiger charge is -2.24. The van der Waals surface area contributed by atoms with E-state index in [0.29, 0.717) is 12.8 Å². The van der Waals surface area contributed by atoms with Crippen molar-refractivity contribution in [2.45, 2.75) is 47.0 Å². The third kappa shape index (κ3) is 3.16. The number of hydrogen-bond donors (Lipinski definition) is 0. The zero-order chi connectivity index (χ0) is 9.78. The molecular weight excluding hydrogens is 152 g/mol. The maximum Gasteiger partial charge on any atom is 0.135 e. The fraction of sp³-hybridized carbons (Fsp3) is 0.800. The van der Waals surface area contributed by atoms with E-state index in [1.165, 1.54) is 0 Å². The first-order valence-electron chi connectivity index (χ1n) is 4.43. The molecule has 2 nitrogen and oxygen atoms in total. The quantitative estimate of drug-likeness (QED) is 0.634. The van der Waals surface area contributed by atoms with Crippen molar-refractivity contribution in [2.24, 2.45) is 5.41 Å². The van der Waals surface area contributed by atoms with Crippen molar-refractivity contribution in [1.29, 1.82) is 0 Å². The summed E-state index contributed by atoms with van der Waals surface area (Å²) in [6.07, 6.45) is 2.02. The molecule has 12 heavy (non-hydrogen) atoms. The van der Waals surface area contributed by atoms with Crippen LogP contribution in [0.1, 0.15) is 47.0 Å². The van der Waals surface area contributed by atoms with E-state index in [1.807, 2.05) is 13.8 Å². The van der Waals surface area contributed by atoms with Gasteiger partial charge in [-0.05, 0) is 26.7 Å². The van der Waals surface area contributed by atoms with Crippen molar-refractivity contribution in [1.82, 2.24) is 0 Å². The summed E-state index contributed by atoms with van der Waals surface area (Å²) in [5.41, 5.74) is -0.286. The summed E-state index contributed by atoms with van der Waals surface area (Å²) >= 11 is 0. The second-order valence-corrected chi connectivity index (χ2v) is 3.67. The second kappa shape index (κ2) is 4.39. The van der Waals surface area contributed by atoms with Gasteiger partial charge in [-0.25, -0.2) is 0 Å². The summed E-state index contributed by atoms with van der Waals surface area (Å²) in [5.74, 6) is 0.349. The van der Waals surface area contributed by atoms with Crippen LogP contribution in [0.2, 0.25) is 0 Å².